The first-order chi connectivity index (χ1) is 18.9. The number of hydrogen-bond donors (Lipinski definition) is 0. The molecule has 0 aliphatic carbocycles. The van der Waals surface area contributed by atoms with Gasteiger partial charge in [-0.1, -0.05) is 182 Å². The van der Waals surface area contributed by atoms with Crippen molar-refractivity contribution in [3.05, 3.63) is 182 Å². The van der Waals surface area contributed by atoms with Crippen molar-refractivity contribution in [1.82, 2.24) is 0 Å². The molecule has 6 aromatic rings. The maximum Gasteiger partial charge on any atom is 0 e. The molecule has 0 aliphatic heterocycles. The molecule has 0 atom stereocenters. The quantitative estimate of drug-likeness (QED) is 0.0892. The summed E-state index contributed by atoms with van der Waals surface area (Å²) in [6.45, 7) is 0. The van der Waals surface area contributed by atoms with Gasteiger partial charge in [-0.15, -0.1) is 0 Å². The maximum absolute atomic E-state index is 2.23. The van der Waals surface area contributed by atoms with Gasteiger partial charge < -0.3 is 0 Å². The van der Waals surface area contributed by atoms with Gasteiger partial charge in [-0.2, -0.15) is 0 Å². The third kappa shape index (κ3) is 11.2. The summed E-state index contributed by atoms with van der Waals surface area (Å²) in [5, 5.41) is 8.39. The Morgan fingerprint density at radius 1 is 0.214 bits per heavy atom. The van der Waals surface area contributed by atoms with Crippen LogP contribution < -0.4 is 31.8 Å². The molecule has 2 radical (unpaired) electrons. The minimum Gasteiger partial charge on any atom is -0.0622 e. The van der Waals surface area contributed by atoms with Crippen molar-refractivity contribution in [3.63, 3.8) is 0 Å². The van der Waals surface area contributed by atoms with Crippen LogP contribution in [0.3, 0.4) is 0 Å². The molecule has 218 valence electrons. The average molecular weight is 991 g/mol. The molecule has 0 saturated carbocycles. The molecular formula is C36H30I2P2Pd2. The predicted octanol–water partition coefficient (Wildman–Crippen LogP) is 8.66. The standard InChI is InChI=1S/2C18H15P.2I.2Pd/c2*1-4-10-16(11-5-1)19(17-12-6-2-7-13-17)18-14-8-3-9-15-18;;;;/h2*1-15H;;;;. The van der Waals surface area contributed by atoms with Crippen molar-refractivity contribution < 1.29 is 40.8 Å². The number of hydrogen-bond acceptors (Lipinski definition) is 0. The van der Waals surface area contributed by atoms with E-state index in [0.29, 0.717) is 0 Å². The fourth-order valence-corrected chi connectivity index (χ4v) is 8.97. The number of benzene rings is 6. The monoisotopic (exact) mass is 990 g/mol. The van der Waals surface area contributed by atoms with Gasteiger partial charge in [0.1, 0.15) is 0 Å². The van der Waals surface area contributed by atoms with Crippen LogP contribution in [0.1, 0.15) is 0 Å². The smallest absolute Gasteiger partial charge is 0 e. The van der Waals surface area contributed by atoms with E-state index < -0.39 is 15.8 Å². The van der Waals surface area contributed by atoms with Gasteiger partial charge in [0.2, 0.25) is 0 Å². The Kier molecular flexibility index (Phi) is 20.1. The van der Waals surface area contributed by atoms with Gasteiger partial charge in [0.15, 0.2) is 0 Å². The molecule has 0 aromatic heterocycles. The zero-order valence-corrected chi connectivity index (χ0v) is 31.8. The second-order valence-electron chi connectivity index (χ2n) is 8.68. The number of rotatable bonds is 6. The summed E-state index contributed by atoms with van der Waals surface area (Å²) in [4.78, 5) is 0. The third-order valence-electron chi connectivity index (χ3n) is 6.09. The molecule has 6 heteroatoms. The van der Waals surface area contributed by atoms with Crippen LogP contribution in [0, 0.1) is 0 Å². The van der Waals surface area contributed by atoms with Crippen molar-refractivity contribution in [1.29, 1.82) is 0 Å². The van der Waals surface area contributed by atoms with Crippen molar-refractivity contribution in [2.45, 2.75) is 0 Å². The zero-order valence-electron chi connectivity index (χ0n) is 22.6. The van der Waals surface area contributed by atoms with Gasteiger partial charge in [0.05, 0.1) is 0 Å². The van der Waals surface area contributed by atoms with Crippen LogP contribution in [0.15, 0.2) is 182 Å². The molecule has 0 saturated heterocycles. The van der Waals surface area contributed by atoms with Gasteiger partial charge >= 0.3 is 0 Å². The second kappa shape index (κ2) is 21.6. The first-order valence-corrected chi connectivity index (χ1v) is 15.5. The van der Waals surface area contributed by atoms with E-state index in [1.54, 1.807) is 0 Å². The van der Waals surface area contributed by atoms with Gasteiger partial charge in [-0.05, 0) is 47.7 Å². The summed E-state index contributed by atoms with van der Waals surface area (Å²) in [5.74, 6) is 0. The Morgan fingerprint density at radius 3 is 0.452 bits per heavy atom. The summed E-state index contributed by atoms with van der Waals surface area (Å²) in [7, 11) is -0.892. The minimum absolute atomic E-state index is 0. The van der Waals surface area contributed by atoms with Crippen LogP contribution in [0.4, 0.5) is 0 Å². The van der Waals surface area contributed by atoms with Gasteiger partial charge in [-0.3, -0.25) is 0 Å². The van der Waals surface area contributed by atoms with Crippen LogP contribution in [0.2, 0.25) is 0 Å². The minimum atomic E-state index is -0.446. The third-order valence-corrected chi connectivity index (χ3v) is 11.0. The summed E-state index contributed by atoms with van der Waals surface area (Å²) in [6.07, 6.45) is 0. The van der Waals surface area contributed by atoms with Crippen molar-refractivity contribution in [2.24, 2.45) is 0 Å². The van der Waals surface area contributed by atoms with E-state index in [1.165, 1.54) is 31.8 Å². The molecule has 0 heterocycles. The molecule has 0 fully saturated rings. The first-order valence-electron chi connectivity index (χ1n) is 12.8. The van der Waals surface area contributed by atoms with E-state index in [0.717, 1.165) is 0 Å². The molecule has 0 spiro atoms. The fraction of sp³-hybridized carbons (Fsp3) is 0. The Morgan fingerprint density at radius 2 is 0.333 bits per heavy atom. The molecular weight excluding hydrogens is 961 g/mol. The molecule has 6 rings (SSSR count). The predicted molar refractivity (Wildman–Crippen MR) is 198 cm³/mol. The summed E-state index contributed by atoms with van der Waals surface area (Å²) in [5.41, 5.74) is 0. The normalized spacial score (nSPS) is 9.57. The van der Waals surface area contributed by atoms with E-state index in [2.05, 4.69) is 182 Å². The zero-order chi connectivity index (χ0) is 25.8. The van der Waals surface area contributed by atoms with Crippen LogP contribution in [-0.4, -0.2) is 0 Å². The van der Waals surface area contributed by atoms with Gasteiger partial charge in [0, 0.05) is 88.8 Å². The molecule has 0 nitrogen and oxygen atoms in total. The van der Waals surface area contributed by atoms with E-state index in [-0.39, 0.29) is 88.8 Å². The SMILES string of the molecule is [I].[I].[Pd].[Pd].c1ccc(P(c2ccccc2)c2ccccc2)cc1.c1ccc(P(c2ccccc2)c2ccccc2)cc1. The molecule has 0 unspecified atom stereocenters. The molecule has 0 bridgehead atoms. The van der Waals surface area contributed by atoms with E-state index in [9.17, 15) is 0 Å². The average Bonchev–Trinajstić information content (AvgIpc) is 3.01. The summed E-state index contributed by atoms with van der Waals surface area (Å²) >= 11 is 0. The summed E-state index contributed by atoms with van der Waals surface area (Å²) in [6, 6.07) is 64.7. The van der Waals surface area contributed by atoms with E-state index >= 15 is 0 Å². The Labute approximate surface area is 315 Å². The van der Waals surface area contributed by atoms with E-state index in [1.807, 2.05) is 0 Å². The van der Waals surface area contributed by atoms with Crippen molar-refractivity contribution >= 4 is 95.6 Å². The molecule has 0 aliphatic rings. The van der Waals surface area contributed by atoms with Gasteiger partial charge in [-0.25, -0.2) is 0 Å². The van der Waals surface area contributed by atoms with Crippen LogP contribution in [0.25, 0.3) is 0 Å². The Balaban J connectivity index is 0.000000383. The van der Waals surface area contributed by atoms with Crippen molar-refractivity contribution in [2.75, 3.05) is 0 Å². The molecule has 6 aromatic carbocycles. The second-order valence-corrected chi connectivity index (χ2v) is 13.1. The maximum atomic E-state index is 2.23. The molecule has 42 heavy (non-hydrogen) atoms. The van der Waals surface area contributed by atoms with E-state index in [4.69, 9.17) is 0 Å². The number of halogens is 2. The van der Waals surface area contributed by atoms with Crippen molar-refractivity contribution in [3.8, 4) is 0 Å². The molecule has 0 amide bonds. The Hall–Kier alpha value is -1.04. The topological polar surface area (TPSA) is 0 Å². The largest absolute Gasteiger partial charge is 0.0622 e. The fourth-order valence-electron chi connectivity index (χ4n) is 4.36. The molecule has 0 N–H and O–H groups in total. The van der Waals surface area contributed by atoms with Gasteiger partial charge in [0.25, 0.3) is 0 Å². The van der Waals surface area contributed by atoms with Crippen LogP contribution in [0.5, 0.6) is 0 Å². The van der Waals surface area contributed by atoms with Crippen LogP contribution in [-0.2, 0) is 40.8 Å². The summed E-state index contributed by atoms with van der Waals surface area (Å²) < 4.78 is 0. The Bertz CT molecular complexity index is 1190. The van der Waals surface area contributed by atoms with Crippen LogP contribution >= 0.6 is 63.8 Å². The first kappa shape index (κ1) is 39.0.